The van der Waals surface area contributed by atoms with Crippen LogP contribution in [0.3, 0.4) is 0 Å². The second kappa shape index (κ2) is 7.40. The number of hydrogen-bond donors (Lipinski definition) is 2. The number of rotatable bonds is 5. The lowest BCUT2D eigenvalue weighted by molar-refractivity contribution is 0.120. The van der Waals surface area contributed by atoms with Crippen LogP contribution < -0.4 is 10.6 Å². The summed E-state index contributed by atoms with van der Waals surface area (Å²) < 4.78 is 5.65. The normalized spacial score (nSPS) is 17.5. The van der Waals surface area contributed by atoms with E-state index in [-0.39, 0.29) is 11.5 Å². The van der Waals surface area contributed by atoms with Crippen molar-refractivity contribution in [3.8, 4) is 0 Å². The summed E-state index contributed by atoms with van der Waals surface area (Å²) in [5.74, 6) is 2.37. The molecule has 2 N–H and O–H groups in total. The summed E-state index contributed by atoms with van der Waals surface area (Å²) in [6.45, 7) is 10.2. The van der Waals surface area contributed by atoms with E-state index in [9.17, 15) is 0 Å². The maximum atomic E-state index is 5.65. The average Bonchev–Trinajstić information content (AvgIpc) is 3.05. The van der Waals surface area contributed by atoms with Crippen LogP contribution in [0.25, 0.3) is 0 Å². The van der Waals surface area contributed by atoms with Gasteiger partial charge >= 0.3 is 0 Å². The van der Waals surface area contributed by atoms with Crippen molar-refractivity contribution in [1.82, 2.24) is 9.97 Å². The zero-order valence-corrected chi connectivity index (χ0v) is 15.6. The Morgan fingerprint density at radius 1 is 1.12 bits per heavy atom. The predicted octanol–water partition coefficient (Wildman–Crippen LogP) is 4.42. The van der Waals surface area contributed by atoms with E-state index < -0.39 is 0 Å². The van der Waals surface area contributed by atoms with Gasteiger partial charge in [-0.25, -0.2) is 9.97 Å². The molecule has 25 heavy (non-hydrogen) atoms. The van der Waals surface area contributed by atoms with Gasteiger partial charge in [0, 0.05) is 24.9 Å². The molecule has 134 valence electrons. The first-order valence-corrected chi connectivity index (χ1v) is 8.99. The van der Waals surface area contributed by atoms with Crippen molar-refractivity contribution in [1.29, 1.82) is 0 Å². The number of aromatic nitrogens is 2. The molecule has 2 heterocycles. The molecule has 1 fully saturated rings. The van der Waals surface area contributed by atoms with E-state index in [1.165, 1.54) is 5.56 Å². The molecule has 1 aromatic heterocycles. The van der Waals surface area contributed by atoms with Crippen LogP contribution in [0.1, 0.15) is 45.0 Å². The highest BCUT2D eigenvalue weighted by molar-refractivity contribution is 5.59. The van der Waals surface area contributed by atoms with Gasteiger partial charge in [0.2, 0.25) is 0 Å². The highest BCUT2D eigenvalue weighted by Crippen LogP contribution is 2.25. The molecule has 0 spiro atoms. The predicted molar refractivity (Wildman–Crippen MR) is 103 cm³/mol. The van der Waals surface area contributed by atoms with E-state index in [1.807, 2.05) is 13.0 Å². The van der Waals surface area contributed by atoms with Crippen molar-refractivity contribution < 1.29 is 4.74 Å². The van der Waals surface area contributed by atoms with Crippen molar-refractivity contribution in [3.63, 3.8) is 0 Å². The molecule has 2 aromatic rings. The van der Waals surface area contributed by atoms with E-state index in [0.717, 1.165) is 49.1 Å². The van der Waals surface area contributed by atoms with Gasteiger partial charge in [0.15, 0.2) is 0 Å². The van der Waals surface area contributed by atoms with Crippen molar-refractivity contribution >= 4 is 17.3 Å². The van der Waals surface area contributed by atoms with Crippen LogP contribution >= 0.6 is 0 Å². The van der Waals surface area contributed by atoms with Gasteiger partial charge in [0.05, 0.1) is 6.10 Å². The first-order valence-electron chi connectivity index (χ1n) is 8.99. The van der Waals surface area contributed by atoms with Gasteiger partial charge in [-0.1, -0.05) is 32.9 Å². The lowest BCUT2D eigenvalue weighted by Gasteiger charge is -2.19. The first kappa shape index (κ1) is 17.7. The molecule has 0 bridgehead atoms. The van der Waals surface area contributed by atoms with Crippen LogP contribution in [0.4, 0.5) is 17.3 Å². The highest BCUT2D eigenvalue weighted by Gasteiger charge is 2.15. The molecular formula is C20H28N4O. The van der Waals surface area contributed by atoms with Crippen molar-refractivity contribution in [2.45, 2.75) is 52.1 Å². The molecule has 0 saturated carbocycles. The Balaban J connectivity index is 1.67. The summed E-state index contributed by atoms with van der Waals surface area (Å²) in [4.78, 5) is 8.95. The summed E-state index contributed by atoms with van der Waals surface area (Å²) in [5.41, 5.74) is 2.50. The van der Waals surface area contributed by atoms with E-state index in [0.29, 0.717) is 0 Å². The third-order valence-corrected chi connectivity index (χ3v) is 4.40. The van der Waals surface area contributed by atoms with Gasteiger partial charge in [-0.3, -0.25) is 0 Å². The smallest absolute Gasteiger partial charge is 0.136 e. The molecule has 1 unspecified atom stereocenters. The van der Waals surface area contributed by atoms with Crippen LogP contribution in [-0.4, -0.2) is 29.2 Å². The van der Waals surface area contributed by atoms with Crippen molar-refractivity contribution in [2.24, 2.45) is 0 Å². The quantitative estimate of drug-likeness (QED) is 0.844. The summed E-state index contributed by atoms with van der Waals surface area (Å²) in [6.07, 6.45) is 2.55. The summed E-state index contributed by atoms with van der Waals surface area (Å²) in [5, 5.41) is 6.74. The SMILES string of the molecule is Cc1nc(NCC2CCCO2)cc(Nc2ccc(C(C)(C)C)cc2)n1. The molecule has 1 aromatic carbocycles. The average molecular weight is 340 g/mol. The molecule has 3 rings (SSSR count). The monoisotopic (exact) mass is 340 g/mol. The van der Waals surface area contributed by atoms with Crippen molar-refractivity contribution in [2.75, 3.05) is 23.8 Å². The number of nitrogens with one attached hydrogen (secondary N) is 2. The maximum absolute atomic E-state index is 5.65. The standard InChI is InChI=1S/C20H28N4O/c1-14-22-18(21-13-17-6-5-11-25-17)12-19(23-14)24-16-9-7-15(8-10-16)20(2,3)4/h7-10,12,17H,5-6,11,13H2,1-4H3,(H2,21,22,23,24). The van der Waals surface area contributed by atoms with Crippen LogP contribution in [0.2, 0.25) is 0 Å². The van der Waals surface area contributed by atoms with Gasteiger partial charge < -0.3 is 15.4 Å². The first-order chi connectivity index (χ1) is 11.9. The number of hydrogen-bond acceptors (Lipinski definition) is 5. The van der Waals surface area contributed by atoms with Gasteiger partial charge in [0.25, 0.3) is 0 Å². The van der Waals surface area contributed by atoms with Crippen LogP contribution in [0, 0.1) is 6.92 Å². The number of anilines is 3. The minimum Gasteiger partial charge on any atom is -0.376 e. The molecule has 5 nitrogen and oxygen atoms in total. The van der Waals surface area contributed by atoms with E-state index >= 15 is 0 Å². The molecule has 5 heteroatoms. The van der Waals surface area contributed by atoms with E-state index in [4.69, 9.17) is 4.74 Å². The van der Waals surface area contributed by atoms with Gasteiger partial charge in [-0.05, 0) is 42.9 Å². The third-order valence-electron chi connectivity index (χ3n) is 4.40. The van der Waals surface area contributed by atoms with Crippen LogP contribution in [-0.2, 0) is 10.2 Å². The summed E-state index contributed by atoms with van der Waals surface area (Å²) in [6, 6.07) is 10.5. The fourth-order valence-electron chi connectivity index (χ4n) is 2.95. The van der Waals surface area contributed by atoms with Crippen LogP contribution in [0.15, 0.2) is 30.3 Å². The second-order valence-electron chi connectivity index (χ2n) is 7.65. The zero-order valence-electron chi connectivity index (χ0n) is 15.6. The Hall–Kier alpha value is -2.14. The second-order valence-corrected chi connectivity index (χ2v) is 7.65. The maximum Gasteiger partial charge on any atom is 0.136 e. The fraction of sp³-hybridized carbons (Fsp3) is 0.500. The Morgan fingerprint density at radius 3 is 2.48 bits per heavy atom. The molecule has 1 atom stereocenters. The lowest BCUT2D eigenvalue weighted by atomic mass is 9.87. The topological polar surface area (TPSA) is 59.1 Å². The lowest BCUT2D eigenvalue weighted by Crippen LogP contribution is -2.19. The Labute approximate surface area is 150 Å². The van der Waals surface area contributed by atoms with Gasteiger partial charge in [0.1, 0.15) is 17.5 Å². The molecular weight excluding hydrogens is 312 g/mol. The Morgan fingerprint density at radius 2 is 1.84 bits per heavy atom. The minimum atomic E-state index is 0.156. The molecule has 0 radical (unpaired) electrons. The molecule has 1 aliphatic rings. The molecule has 1 aliphatic heterocycles. The third kappa shape index (κ3) is 4.92. The van der Waals surface area contributed by atoms with Gasteiger partial charge in [-0.15, -0.1) is 0 Å². The van der Waals surface area contributed by atoms with Gasteiger partial charge in [-0.2, -0.15) is 0 Å². The Kier molecular flexibility index (Phi) is 5.23. The molecule has 0 aliphatic carbocycles. The fourth-order valence-corrected chi connectivity index (χ4v) is 2.95. The minimum absolute atomic E-state index is 0.156. The number of benzene rings is 1. The zero-order chi connectivity index (χ0) is 17.9. The largest absolute Gasteiger partial charge is 0.376 e. The molecule has 0 amide bonds. The number of ether oxygens (including phenoxy) is 1. The molecule has 1 saturated heterocycles. The van der Waals surface area contributed by atoms with E-state index in [2.05, 4.69) is 65.6 Å². The van der Waals surface area contributed by atoms with E-state index in [1.54, 1.807) is 0 Å². The number of aryl methyl sites for hydroxylation is 1. The Bertz CT molecular complexity index is 701. The van der Waals surface area contributed by atoms with Crippen molar-refractivity contribution in [3.05, 3.63) is 41.7 Å². The van der Waals surface area contributed by atoms with Crippen LogP contribution in [0.5, 0.6) is 0 Å². The highest BCUT2D eigenvalue weighted by atomic mass is 16.5. The number of nitrogens with zero attached hydrogens (tertiary/aromatic N) is 2. The summed E-state index contributed by atoms with van der Waals surface area (Å²) in [7, 11) is 0. The summed E-state index contributed by atoms with van der Waals surface area (Å²) >= 11 is 0.